The van der Waals surface area contributed by atoms with E-state index in [0.717, 1.165) is 18.4 Å². The molecule has 2 atom stereocenters. The molecule has 2 nitrogen and oxygen atoms in total. The average Bonchev–Trinajstić information content (AvgIpc) is 2.58. The maximum atomic E-state index is 12.8. The number of hydrogen-bond acceptors (Lipinski definition) is 2. The Hall–Kier alpha value is -1.70. The fourth-order valence-corrected chi connectivity index (χ4v) is 5.58. The van der Waals surface area contributed by atoms with E-state index in [1.165, 1.54) is 4.46 Å². The van der Waals surface area contributed by atoms with Gasteiger partial charge < -0.3 is 0 Å². The molecule has 22 heavy (non-hydrogen) atoms. The summed E-state index contributed by atoms with van der Waals surface area (Å²) in [5.74, 6) is 0.254. The number of carbonyl (C=O) groups excluding carboxylic acids is 2. The maximum absolute atomic E-state index is 12.8. The summed E-state index contributed by atoms with van der Waals surface area (Å²) >= 11 is 0.0217. The summed E-state index contributed by atoms with van der Waals surface area (Å²) in [4.78, 5) is 25.1. The molecule has 0 heterocycles. The van der Waals surface area contributed by atoms with Gasteiger partial charge in [0.25, 0.3) is 0 Å². The molecule has 0 spiro atoms. The summed E-state index contributed by atoms with van der Waals surface area (Å²) in [7, 11) is 0. The first kappa shape index (κ1) is 15.2. The minimum atomic E-state index is -0.149. The normalized spacial score (nSPS) is 21.5. The molecule has 0 unspecified atom stereocenters. The molecule has 0 bridgehead atoms. The van der Waals surface area contributed by atoms with E-state index in [9.17, 15) is 9.59 Å². The predicted molar refractivity (Wildman–Crippen MR) is 88.7 cm³/mol. The van der Waals surface area contributed by atoms with Crippen LogP contribution in [0.25, 0.3) is 0 Å². The Balaban J connectivity index is 1.84. The molecular formula is C19H18O2Se. The zero-order chi connectivity index (χ0) is 15.4. The summed E-state index contributed by atoms with van der Waals surface area (Å²) in [6, 6.07) is 19.5. The number of carbonyl (C=O) groups is 2. The van der Waals surface area contributed by atoms with E-state index in [1.807, 2.05) is 48.5 Å². The van der Waals surface area contributed by atoms with Crippen LogP contribution in [-0.4, -0.2) is 26.5 Å². The standard InChI is InChI=1S/C19H18O2Se/c20-17-13-7-12-16(18(21)14-8-3-1-4-9-14)19(17)22-15-10-5-2-6-11-15/h1-6,8-11,16,19H,7,12-13H2/t16-,19+/m1/s1. The second kappa shape index (κ2) is 7.04. The number of benzene rings is 2. The van der Waals surface area contributed by atoms with Crippen molar-refractivity contribution in [1.29, 1.82) is 0 Å². The molecule has 112 valence electrons. The van der Waals surface area contributed by atoms with Gasteiger partial charge in [-0.25, -0.2) is 0 Å². The summed E-state index contributed by atoms with van der Waals surface area (Å²) in [6.45, 7) is 0. The number of Topliss-reactive ketones (excluding diaryl/α,β-unsaturated/α-hetero) is 2. The first-order valence-electron chi connectivity index (χ1n) is 7.59. The van der Waals surface area contributed by atoms with E-state index in [-0.39, 0.29) is 37.3 Å². The zero-order valence-corrected chi connectivity index (χ0v) is 14.0. The van der Waals surface area contributed by atoms with E-state index in [4.69, 9.17) is 0 Å². The quantitative estimate of drug-likeness (QED) is 0.623. The van der Waals surface area contributed by atoms with Crippen molar-refractivity contribution in [3.05, 3.63) is 66.2 Å². The Morgan fingerprint density at radius 2 is 1.59 bits per heavy atom. The SMILES string of the molecule is O=C(c1ccccc1)[C@H]1CCCC(=O)[C@H]1[Se]c1ccccc1. The van der Waals surface area contributed by atoms with Gasteiger partial charge in [0.1, 0.15) is 0 Å². The van der Waals surface area contributed by atoms with E-state index in [0.29, 0.717) is 6.42 Å². The summed E-state index contributed by atoms with van der Waals surface area (Å²) in [5.41, 5.74) is 0.732. The molecule has 0 saturated heterocycles. The summed E-state index contributed by atoms with van der Waals surface area (Å²) < 4.78 is 1.20. The van der Waals surface area contributed by atoms with Crippen LogP contribution >= 0.6 is 0 Å². The Morgan fingerprint density at radius 3 is 2.27 bits per heavy atom. The minimum absolute atomic E-state index is 0.0217. The van der Waals surface area contributed by atoms with Crippen molar-refractivity contribution in [3.63, 3.8) is 0 Å². The molecule has 1 fully saturated rings. The van der Waals surface area contributed by atoms with Crippen molar-refractivity contribution in [3.8, 4) is 0 Å². The molecule has 1 aliphatic carbocycles. The van der Waals surface area contributed by atoms with Crippen LogP contribution in [0.15, 0.2) is 60.7 Å². The van der Waals surface area contributed by atoms with Gasteiger partial charge in [-0.2, -0.15) is 0 Å². The Kier molecular flexibility index (Phi) is 4.87. The second-order valence-electron chi connectivity index (χ2n) is 5.55. The zero-order valence-electron chi connectivity index (χ0n) is 12.3. The van der Waals surface area contributed by atoms with Crippen molar-refractivity contribution in [2.75, 3.05) is 0 Å². The van der Waals surface area contributed by atoms with Gasteiger partial charge in [-0.15, -0.1) is 0 Å². The molecule has 1 aliphatic rings. The van der Waals surface area contributed by atoms with Crippen LogP contribution < -0.4 is 4.46 Å². The van der Waals surface area contributed by atoms with E-state index >= 15 is 0 Å². The molecule has 0 aromatic heterocycles. The molecular weight excluding hydrogens is 339 g/mol. The van der Waals surface area contributed by atoms with Gasteiger partial charge in [0.2, 0.25) is 0 Å². The van der Waals surface area contributed by atoms with E-state index < -0.39 is 0 Å². The first-order chi connectivity index (χ1) is 10.8. The van der Waals surface area contributed by atoms with Gasteiger partial charge >= 0.3 is 137 Å². The van der Waals surface area contributed by atoms with Crippen LogP contribution in [0.5, 0.6) is 0 Å². The van der Waals surface area contributed by atoms with Gasteiger partial charge in [0.15, 0.2) is 0 Å². The third kappa shape index (κ3) is 3.37. The second-order valence-corrected chi connectivity index (χ2v) is 8.10. The van der Waals surface area contributed by atoms with Crippen LogP contribution in [0.3, 0.4) is 0 Å². The molecule has 1 saturated carbocycles. The number of rotatable bonds is 4. The van der Waals surface area contributed by atoms with Crippen LogP contribution in [0, 0.1) is 5.92 Å². The van der Waals surface area contributed by atoms with Crippen LogP contribution in [0.1, 0.15) is 29.6 Å². The Labute approximate surface area is 137 Å². The monoisotopic (exact) mass is 358 g/mol. The van der Waals surface area contributed by atoms with Crippen LogP contribution in [0.4, 0.5) is 0 Å². The molecule has 2 aromatic carbocycles. The fraction of sp³-hybridized carbons (Fsp3) is 0.263. The van der Waals surface area contributed by atoms with E-state index in [2.05, 4.69) is 12.1 Å². The fourth-order valence-electron chi connectivity index (χ4n) is 2.89. The third-order valence-electron chi connectivity index (χ3n) is 4.02. The van der Waals surface area contributed by atoms with Gasteiger partial charge in [0.05, 0.1) is 0 Å². The Morgan fingerprint density at radius 1 is 0.955 bits per heavy atom. The number of hydrogen-bond donors (Lipinski definition) is 0. The van der Waals surface area contributed by atoms with E-state index in [1.54, 1.807) is 0 Å². The van der Waals surface area contributed by atoms with Crippen molar-refractivity contribution in [2.24, 2.45) is 5.92 Å². The topological polar surface area (TPSA) is 34.1 Å². The molecule has 3 heteroatoms. The van der Waals surface area contributed by atoms with Crippen molar-refractivity contribution < 1.29 is 9.59 Å². The van der Waals surface area contributed by atoms with Crippen molar-refractivity contribution in [2.45, 2.75) is 24.1 Å². The van der Waals surface area contributed by atoms with Gasteiger partial charge in [-0.1, -0.05) is 0 Å². The summed E-state index contributed by atoms with van der Waals surface area (Å²) in [5, 5.41) is 0. The third-order valence-corrected chi connectivity index (χ3v) is 6.94. The molecule has 0 aliphatic heterocycles. The number of ketones is 2. The van der Waals surface area contributed by atoms with Crippen LogP contribution in [-0.2, 0) is 4.79 Å². The molecule has 0 radical (unpaired) electrons. The first-order valence-corrected chi connectivity index (χ1v) is 9.44. The van der Waals surface area contributed by atoms with Crippen molar-refractivity contribution >= 4 is 31.0 Å². The molecule has 0 N–H and O–H groups in total. The molecule has 2 aromatic rings. The molecule has 3 rings (SSSR count). The van der Waals surface area contributed by atoms with Gasteiger partial charge in [-0.05, 0) is 0 Å². The Bertz CT molecular complexity index is 652. The van der Waals surface area contributed by atoms with Gasteiger partial charge in [-0.3, -0.25) is 0 Å². The average molecular weight is 357 g/mol. The van der Waals surface area contributed by atoms with Gasteiger partial charge in [0, 0.05) is 0 Å². The predicted octanol–water partition coefficient (Wildman–Crippen LogP) is 3.06. The summed E-state index contributed by atoms with van der Waals surface area (Å²) in [6.07, 6.45) is 2.29. The van der Waals surface area contributed by atoms with Crippen LogP contribution in [0.2, 0.25) is 4.82 Å². The van der Waals surface area contributed by atoms with Crippen molar-refractivity contribution in [1.82, 2.24) is 0 Å². The molecule has 0 amide bonds.